The molecule has 2 aromatic heterocycles. The molecule has 0 unspecified atom stereocenters. The van der Waals surface area contributed by atoms with Crippen LogP contribution in [-0.2, 0) is 0 Å². The molecule has 0 aliphatic rings. The Morgan fingerprint density at radius 1 is 1.50 bits per heavy atom. The minimum atomic E-state index is -1.13. The van der Waals surface area contributed by atoms with Gasteiger partial charge in [-0.3, -0.25) is 0 Å². The molecule has 0 bridgehead atoms. The van der Waals surface area contributed by atoms with Crippen LogP contribution < -0.4 is 0 Å². The topological polar surface area (TPSA) is 87.1 Å². The zero-order valence-corrected chi connectivity index (χ0v) is 10.2. The molecule has 90 valence electrons. The van der Waals surface area contributed by atoms with Gasteiger partial charge in [0, 0.05) is 6.20 Å². The average molecular weight is 260 g/mol. The molecule has 1 N–H and O–H groups in total. The molecule has 0 saturated heterocycles. The second-order valence-electron chi connectivity index (χ2n) is 3.45. The minimum absolute atomic E-state index is 0.135. The van der Waals surface area contributed by atoms with E-state index in [1.54, 1.807) is 18.3 Å². The summed E-state index contributed by atoms with van der Waals surface area (Å²) in [5, 5.41) is 18.7. The second-order valence-corrected chi connectivity index (χ2v) is 4.44. The zero-order chi connectivity index (χ0) is 13.1. The Balaban J connectivity index is 2.31. The molecule has 2 aromatic rings. The minimum Gasteiger partial charge on any atom is -0.475 e. The van der Waals surface area contributed by atoms with Crippen LogP contribution >= 0.6 is 11.8 Å². The second kappa shape index (κ2) is 4.94. The Hall–Kier alpha value is -2.26. The number of carboxylic acid groups (broad SMARTS) is 1. The fourth-order valence-corrected chi connectivity index (χ4v) is 2.21. The number of furan rings is 1. The summed E-state index contributed by atoms with van der Waals surface area (Å²) in [6.07, 6.45) is 1.60. The number of nitrogens with zero attached hydrogens (tertiary/aromatic N) is 2. The van der Waals surface area contributed by atoms with E-state index < -0.39 is 5.97 Å². The average Bonchev–Trinajstić information content (AvgIpc) is 2.78. The molecular weight excluding hydrogens is 252 g/mol. The monoisotopic (exact) mass is 260 g/mol. The van der Waals surface area contributed by atoms with Crippen molar-refractivity contribution in [2.24, 2.45) is 0 Å². The van der Waals surface area contributed by atoms with E-state index in [-0.39, 0.29) is 5.76 Å². The summed E-state index contributed by atoms with van der Waals surface area (Å²) >= 11 is 1.13. The summed E-state index contributed by atoms with van der Waals surface area (Å²) in [6, 6.07) is 6.72. The molecule has 18 heavy (non-hydrogen) atoms. The molecule has 0 fully saturated rings. The SMILES string of the molecule is Cc1ccnc(Sc2ccc(C(=O)O)o2)c1C#N. The maximum absolute atomic E-state index is 10.7. The van der Waals surface area contributed by atoms with Gasteiger partial charge < -0.3 is 9.52 Å². The number of nitriles is 1. The highest BCUT2D eigenvalue weighted by molar-refractivity contribution is 7.99. The molecule has 2 rings (SSSR count). The first-order valence-corrected chi connectivity index (χ1v) is 5.80. The highest BCUT2D eigenvalue weighted by Gasteiger charge is 2.13. The van der Waals surface area contributed by atoms with Gasteiger partial charge in [-0.1, -0.05) is 0 Å². The van der Waals surface area contributed by atoms with Crippen LogP contribution in [0.2, 0.25) is 0 Å². The quantitative estimate of drug-likeness (QED) is 0.912. The number of carbonyl (C=O) groups is 1. The zero-order valence-electron chi connectivity index (χ0n) is 9.38. The lowest BCUT2D eigenvalue weighted by Gasteiger charge is -2.02. The van der Waals surface area contributed by atoms with Gasteiger partial charge >= 0.3 is 5.97 Å². The predicted molar refractivity (Wildman–Crippen MR) is 63.5 cm³/mol. The standard InChI is InChI=1S/C12H8N2O3S/c1-7-4-5-14-11(8(7)6-13)18-10-3-2-9(17-10)12(15)16/h2-5H,1H3,(H,15,16). The van der Waals surface area contributed by atoms with E-state index in [0.717, 1.165) is 17.3 Å². The van der Waals surface area contributed by atoms with Gasteiger partial charge in [-0.25, -0.2) is 9.78 Å². The maximum Gasteiger partial charge on any atom is 0.371 e. The number of pyridine rings is 1. The summed E-state index contributed by atoms with van der Waals surface area (Å²) < 4.78 is 5.10. The number of hydrogen-bond acceptors (Lipinski definition) is 5. The Bertz CT molecular complexity index is 643. The van der Waals surface area contributed by atoms with E-state index in [1.807, 2.05) is 6.92 Å². The van der Waals surface area contributed by atoms with E-state index in [2.05, 4.69) is 11.1 Å². The van der Waals surface area contributed by atoms with Gasteiger partial charge in [0.25, 0.3) is 0 Å². The van der Waals surface area contributed by atoms with Gasteiger partial charge in [-0.2, -0.15) is 5.26 Å². The molecule has 0 amide bonds. The lowest BCUT2D eigenvalue weighted by molar-refractivity contribution is 0.0656. The van der Waals surface area contributed by atoms with Crippen molar-refractivity contribution in [2.45, 2.75) is 17.0 Å². The van der Waals surface area contributed by atoms with Crippen molar-refractivity contribution in [3.63, 3.8) is 0 Å². The molecule has 0 radical (unpaired) electrons. The van der Waals surface area contributed by atoms with Crippen LogP contribution in [-0.4, -0.2) is 16.1 Å². The van der Waals surface area contributed by atoms with Crippen molar-refractivity contribution in [1.82, 2.24) is 4.98 Å². The first-order chi connectivity index (χ1) is 8.61. The van der Waals surface area contributed by atoms with Crippen LogP contribution in [0.5, 0.6) is 0 Å². The van der Waals surface area contributed by atoms with Crippen molar-refractivity contribution in [3.8, 4) is 6.07 Å². The molecule has 0 saturated carbocycles. The number of carboxylic acids is 1. The Labute approximate surface area is 107 Å². The van der Waals surface area contributed by atoms with E-state index >= 15 is 0 Å². The molecular formula is C12H8N2O3S. The third-order valence-electron chi connectivity index (χ3n) is 2.23. The third-order valence-corrected chi connectivity index (χ3v) is 3.15. The van der Waals surface area contributed by atoms with Crippen LogP contribution in [0, 0.1) is 18.3 Å². The molecule has 0 aliphatic carbocycles. The molecule has 0 aliphatic heterocycles. The number of aromatic carboxylic acids is 1. The van der Waals surface area contributed by atoms with Crippen molar-refractivity contribution in [3.05, 3.63) is 41.3 Å². The molecule has 6 heteroatoms. The van der Waals surface area contributed by atoms with Crippen molar-refractivity contribution < 1.29 is 14.3 Å². The summed E-state index contributed by atoms with van der Waals surface area (Å²) in [5.41, 5.74) is 1.29. The third kappa shape index (κ3) is 2.36. The number of aryl methyl sites for hydroxylation is 1. The summed E-state index contributed by atoms with van der Waals surface area (Å²) in [5.74, 6) is -1.26. The van der Waals surface area contributed by atoms with Crippen molar-refractivity contribution in [2.75, 3.05) is 0 Å². The van der Waals surface area contributed by atoms with Crippen molar-refractivity contribution in [1.29, 1.82) is 5.26 Å². The molecule has 0 aromatic carbocycles. The molecule has 5 nitrogen and oxygen atoms in total. The summed E-state index contributed by atoms with van der Waals surface area (Å²) in [6.45, 7) is 1.81. The van der Waals surface area contributed by atoms with Gasteiger partial charge in [0.15, 0.2) is 5.09 Å². The van der Waals surface area contributed by atoms with E-state index in [0.29, 0.717) is 15.7 Å². The van der Waals surface area contributed by atoms with E-state index in [4.69, 9.17) is 14.8 Å². The van der Waals surface area contributed by atoms with E-state index in [9.17, 15) is 4.79 Å². The number of hydrogen-bond donors (Lipinski definition) is 1. The lowest BCUT2D eigenvalue weighted by atomic mass is 10.2. The largest absolute Gasteiger partial charge is 0.475 e. The predicted octanol–water partition coefficient (Wildman–Crippen LogP) is 2.70. The van der Waals surface area contributed by atoms with Gasteiger partial charge in [-0.15, -0.1) is 0 Å². The fourth-order valence-electron chi connectivity index (χ4n) is 1.33. The van der Waals surface area contributed by atoms with E-state index in [1.165, 1.54) is 6.07 Å². The van der Waals surface area contributed by atoms with Crippen LogP contribution in [0.4, 0.5) is 0 Å². The maximum atomic E-state index is 10.7. The first kappa shape index (κ1) is 12.2. The highest BCUT2D eigenvalue weighted by atomic mass is 32.2. The van der Waals surface area contributed by atoms with Crippen molar-refractivity contribution >= 4 is 17.7 Å². The summed E-state index contributed by atoms with van der Waals surface area (Å²) in [4.78, 5) is 14.8. The number of rotatable bonds is 3. The highest BCUT2D eigenvalue weighted by Crippen LogP contribution is 2.30. The fraction of sp³-hybridized carbons (Fsp3) is 0.0833. The van der Waals surface area contributed by atoms with Crippen LogP contribution in [0.1, 0.15) is 21.7 Å². The number of aromatic nitrogens is 1. The lowest BCUT2D eigenvalue weighted by Crippen LogP contribution is -1.92. The Morgan fingerprint density at radius 2 is 2.28 bits per heavy atom. The van der Waals surface area contributed by atoms with Crippen LogP contribution in [0.15, 0.2) is 38.9 Å². The molecule has 0 atom stereocenters. The molecule has 0 spiro atoms. The Kier molecular flexibility index (Phi) is 3.35. The van der Waals surface area contributed by atoms with Gasteiger partial charge in [0.05, 0.1) is 5.56 Å². The van der Waals surface area contributed by atoms with Gasteiger partial charge in [-0.05, 0) is 42.4 Å². The summed E-state index contributed by atoms with van der Waals surface area (Å²) in [7, 11) is 0. The van der Waals surface area contributed by atoms with Gasteiger partial charge in [0.2, 0.25) is 5.76 Å². The normalized spacial score (nSPS) is 10.0. The smallest absolute Gasteiger partial charge is 0.371 e. The van der Waals surface area contributed by atoms with Crippen LogP contribution in [0.25, 0.3) is 0 Å². The Morgan fingerprint density at radius 3 is 2.89 bits per heavy atom. The van der Waals surface area contributed by atoms with Crippen LogP contribution in [0.3, 0.4) is 0 Å². The van der Waals surface area contributed by atoms with Gasteiger partial charge in [0.1, 0.15) is 11.1 Å². The first-order valence-electron chi connectivity index (χ1n) is 4.98. The molecule has 2 heterocycles.